The summed E-state index contributed by atoms with van der Waals surface area (Å²) in [4.78, 5) is 6.15. The lowest BCUT2D eigenvalue weighted by Crippen LogP contribution is -2.50. The van der Waals surface area contributed by atoms with Crippen LogP contribution in [0, 0.1) is 0 Å². The number of hydrogen-bond acceptors (Lipinski definition) is 3. The monoisotopic (exact) mass is 474 g/mol. The van der Waals surface area contributed by atoms with E-state index < -0.39 is 6.36 Å². The Labute approximate surface area is 164 Å². The summed E-state index contributed by atoms with van der Waals surface area (Å²) in [6.45, 7) is 4.92. The maximum Gasteiger partial charge on any atom is 0.573 e. The van der Waals surface area contributed by atoms with Gasteiger partial charge in [0.2, 0.25) is 0 Å². The van der Waals surface area contributed by atoms with Crippen molar-refractivity contribution in [2.45, 2.75) is 32.3 Å². The first-order valence-corrected chi connectivity index (χ1v) is 7.51. The highest BCUT2D eigenvalue weighted by molar-refractivity contribution is 14.0. The molecule has 0 saturated heterocycles. The predicted octanol–water partition coefficient (Wildman–Crippen LogP) is 3.21. The molecular formula is C16H26F3IN4O. The number of nitrogens with zero attached hydrogens (tertiary/aromatic N) is 2. The van der Waals surface area contributed by atoms with Crippen molar-refractivity contribution in [3.8, 4) is 5.75 Å². The molecule has 0 aromatic heterocycles. The van der Waals surface area contributed by atoms with Gasteiger partial charge < -0.3 is 20.3 Å². The fourth-order valence-electron chi connectivity index (χ4n) is 1.73. The number of likely N-dealkylation sites (N-methyl/N-ethyl adjacent to an activating group) is 1. The van der Waals surface area contributed by atoms with Crippen molar-refractivity contribution in [3.05, 3.63) is 29.8 Å². The molecule has 1 aromatic rings. The van der Waals surface area contributed by atoms with Gasteiger partial charge in [0, 0.05) is 31.2 Å². The van der Waals surface area contributed by atoms with Gasteiger partial charge in [0.15, 0.2) is 5.96 Å². The van der Waals surface area contributed by atoms with E-state index in [2.05, 4.69) is 39.1 Å². The molecule has 5 nitrogen and oxygen atoms in total. The predicted molar refractivity (Wildman–Crippen MR) is 105 cm³/mol. The Bertz CT molecular complexity index is 563. The molecule has 1 rings (SSSR count). The first-order valence-electron chi connectivity index (χ1n) is 7.51. The van der Waals surface area contributed by atoms with Gasteiger partial charge in [0.05, 0.1) is 0 Å². The van der Waals surface area contributed by atoms with Gasteiger partial charge >= 0.3 is 6.36 Å². The number of hydrogen-bond donors (Lipinski definition) is 2. The third kappa shape index (κ3) is 8.61. The lowest BCUT2D eigenvalue weighted by atomic mass is 10.0. The number of rotatable bonds is 6. The molecule has 9 heteroatoms. The van der Waals surface area contributed by atoms with Crippen molar-refractivity contribution in [2.75, 3.05) is 27.7 Å². The number of halogens is 4. The van der Waals surface area contributed by atoms with Gasteiger partial charge in [-0.3, -0.25) is 4.99 Å². The van der Waals surface area contributed by atoms with E-state index >= 15 is 0 Å². The van der Waals surface area contributed by atoms with Crippen LogP contribution in [0.2, 0.25) is 0 Å². The molecule has 0 saturated carbocycles. The molecule has 1 aromatic carbocycles. The molecule has 0 fully saturated rings. The molecule has 0 heterocycles. The summed E-state index contributed by atoms with van der Waals surface area (Å²) < 4.78 is 41.3. The van der Waals surface area contributed by atoms with Crippen molar-refractivity contribution >= 4 is 29.9 Å². The minimum atomic E-state index is -4.72. The summed E-state index contributed by atoms with van der Waals surface area (Å²) in [5.41, 5.74) is 0.291. The number of aliphatic imine (C=N–C) groups is 1. The fourth-order valence-corrected chi connectivity index (χ4v) is 1.73. The van der Waals surface area contributed by atoms with Crippen LogP contribution in [-0.2, 0) is 6.54 Å². The molecule has 0 aliphatic carbocycles. The molecule has 144 valence electrons. The van der Waals surface area contributed by atoms with Crippen molar-refractivity contribution in [2.24, 2.45) is 4.99 Å². The molecule has 25 heavy (non-hydrogen) atoms. The zero-order chi connectivity index (χ0) is 18.4. The summed E-state index contributed by atoms with van der Waals surface area (Å²) in [7, 11) is 5.56. The van der Waals surface area contributed by atoms with Crippen LogP contribution < -0.4 is 15.4 Å². The summed E-state index contributed by atoms with van der Waals surface area (Å²) in [6, 6.07) is 6.02. The zero-order valence-electron chi connectivity index (χ0n) is 15.1. The largest absolute Gasteiger partial charge is 0.573 e. The topological polar surface area (TPSA) is 48.9 Å². The summed E-state index contributed by atoms with van der Waals surface area (Å²) >= 11 is 0. The van der Waals surface area contributed by atoms with Crippen LogP contribution in [-0.4, -0.2) is 50.4 Å². The first kappa shape index (κ1) is 23.8. The van der Waals surface area contributed by atoms with E-state index in [1.807, 2.05) is 14.1 Å². The summed E-state index contributed by atoms with van der Waals surface area (Å²) in [5, 5.41) is 6.16. The van der Waals surface area contributed by atoms with E-state index in [4.69, 9.17) is 0 Å². The maximum atomic E-state index is 12.4. The highest BCUT2D eigenvalue weighted by atomic mass is 127. The third-order valence-corrected chi connectivity index (χ3v) is 3.77. The Hall–Kier alpha value is -1.23. The lowest BCUT2D eigenvalue weighted by molar-refractivity contribution is -0.274. The Balaban J connectivity index is 0.00000576. The number of nitrogens with one attached hydrogen (secondary N) is 2. The second-order valence-corrected chi connectivity index (χ2v) is 6.14. The van der Waals surface area contributed by atoms with E-state index in [-0.39, 0.29) is 41.8 Å². The van der Waals surface area contributed by atoms with E-state index in [1.54, 1.807) is 19.2 Å². The van der Waals surface area contributed by atoms with Crippen LogP contribution in [0.3, 0.4) is 0 Å². The molecular weight excluding hydrogens is 448 g/mol. The summed E-state index contributed by atoms with van der Waals surface area (Å²) in [5.74, 6) is 0.285. The lowest BCUT2D eigenvalue weighted by Gasteiger charge is -2.33. The van der Waals surface area contributed by atoms with Gasteiger partial charge in [0.1, 0.15) is 5.75 Å². The highest BCUT2D eigenvalue weighted by Crippen LogP contribution is 2.26. The minimum absolute atomic E-state index is 0. The van der Waals surface area contributed by atoms with Crippen LogP contribution >= 0.6 is 24.0 Å². The van der Waals surface area contributed by atoms with Gasteiger partial charge in [-0.15, -0.1) is 37.1 Å². The number of benzene rings is 1. The second kappa shape index (κ2) is 10.0. The van der Waals surface area contributed by atoms with Gasteiger partial charge in [-0.25, -0.2) is 0 Å². The van der Waals surface area contributed by atoms with E-state index in [0.29, 0.717) is 18.1 Å². The van der Waals surface area contributed by atoms with Gasteiger partial charge in [-0.1, -0.05) is 18.2 Å². The smallest absolute Gasteiger partial charge is 0.405 e. The Morgan fingerprint density at radius 1 is 1.16 bits per heavy atom. The third-order valence-electron chi connectivity index (χ3n) is 3.77. The zero-order valence-corrected chi connectivity index (χ0v) is 17.4. The van der Waals surface area contributed by atoms with Crippen LogP contribution in [0.25, 0.3) is 0 Å². The number of alkyl halides is 3. The minimum Gasteiger partial charge on any atom is -0.405 e. The SMILES string of the molecule is CN=C(NCc1ccccc1OC(F)(F)F)NCC(C)(C)N(C)C.I. The van der Waals surface area contributed by atoms with E-state index in [9.17, 15) is 13.2 Å². The quantitative estimate of drug-likeness (QED) is 0.378. The molecule has 0 bridgehead atoms. The molecule has 0 spiro atoms. The standard InChI is InChI=1S/C16H25F3N4O.HI/c1-15(2,23(4)5)11-22-14(20-3)21-10-12-8-6-7-9-13(12)24-16(17,18)19;/h6-9H,10-11H2,1-5H3,(H2,20,21,22);1H. The molecule has 0 radical (unpaired) electrons. The maximum absolute atomic E-state index is 12.4. The average molecular weight is 474 g/mol. The van der Waals surface area contributed by atoms with E-state index in [1.165, 1.54) is 12.1 Å². The number of ether oxygens (including phenoxy) is 1. The molecule has 2 N–H and O–H groups in total. The highest BCUT2D eigenvalue weighted by Gasteiger charge is 2.32. The number of guanidine groups is 1. The van der Waals surface area contributed by atoms with Crippen molar-refractivity contribution in [1.82, 2.24) is 15.5 Å². The van der Waals surface area contributed by atoms with Crippen LogP contribution in [0.5, 0.6) is 5.75 Å². The molecule has 0 amide bonds. The van der Waals surface area contributed by atoms with Crippen molar-refractivity contribution in [3.63, 3.8) is 0 Å². The summed E-state index contributed by atoms with van der Waals surface area (Å²) in [6.07, 6.45) is -4.72. The number of para-hydroxylation sites is 1. The Kier molecular flexibility index (Phi) is 9.55. The molecule has 0 aliphatic rings. The first-order chi connectivity index (χ1) is 11.0. The molecule has 0 aliphatic heterocycles. The average Bonchev–Trinajstić information content (AvgIpc) is 2.47. The Morgan fingerprint density at radius 2 is 1.76 bits per heavy atom. The Morgan fingerprint density at radius 3 is 2.28 bits per heavy atom. The van der Waals surface area contributed by atoms with Crippen molar-refractivity contribution < 1.29 is 17.9 Å². The second-order valence-electron chi connectivity index (χ2n) is 6.14. The van der Waals surface area contributed by atoms with Crippen molar-refractivity contribution in [1.29, 1.82) is 0 Å². The van der Waals surface area contributed by atoms with Gasteiger partial charge in [-0.05, 0) is 34.0 Å². The van der Waals surface area contributed by atoms with Gasteiger partial charge in [-0.2, -0.15) is 0 Å². The van der Waals surface area contributed by atoms with Crippen LogP contribution in [0.4, 0.5) is 13.2 Å². The molecule has 0 atom stereocenters. The van der Waals surface area contributed by atoms with E-state index in [0.717, 1.165) is 0 Å². The molecule has 0 unspecified atom stereocenters. The van der Waals surface area contributed by atoms with Crippen LogP contribution in [0.1, 0.15) is 19.4 Å². The normalized spacial score (nSPS) is 12.6. The van der Waals surface area contributed by atoms with Crippen LogP contribution in [0.15, 0.2) is 29.3 Å². The fraction of sp³-hybridized carbons (Fsp3) is 0.562. The van der Waals surface area contributed by atoms with Gasteiger partial charge in [0.25, 0.3) is 0 Å².